The van der Waals surface area contributed by atoms with Gasteiger partial charge in [0.2, 0.25) is 5.91 Å². The summed E-state index contributed by atoms with van der Waals surface area (Å²) >= 11 is 0. The quantitative estimate of drug-likeness (QED) is 0.781. The van der Waals surface area contributed by atoms with E-state index in [1.165, 1.54) is 0 Å². The van der Waals surface area contributed by atoms with Gasteiger partial charge in [0.15, 0.2) is 0 Å². The first-order valence-electron chi connectivity index (χ1n) is 8.61. The van der Waals surface area contributed by atoms with E-state index in [2.05, 4.69) is 30.6 Å². The van der Waals surface area contributed by atoms with Crippen LogP contribution in [-0.2, 0) is 9.53 Å². The van der Waals surface area contributed by atoms with E-state index in [1.807, 2.05) is 0 Å². The molecule has 0 aromatic carbocycles. The predicted octanol–water partition coefficient (Wildman–Crippen LogP) is 2.53. The van der Waals surface area contributed by atoms with Gasteiger partial charge in [-0.3, -0.25) is 9.69 Å². The summed E-state index contributed by atoms with van der Waals surface area (Å²) in [7, 11) is 0. The van der Waals surface area contributed by atoms with Gasteiger partial charge < -0.3 is 9.64 Å². The SMILES string of the molecule is CCCC(C)(C)CC(=O)N1CCC(N2CCOCC2)CC1. The van der Waals surface area contributed by atoms with Crippen molar-refractivity contribution in [1.29, 1.82) is 0 Å². The van der Waals surface area contributed by atoms with Crippen LogP contribution in [0.5, 0.6) is 0 Å². The molecular weight excluding hydrogens is 264 g/mol. The second-order valence-corrected chi connectivity index (χ2v) is 7.35. The third-order valence-corrected chi connectivity index (χ3v) is 4.94. The van der Waals surface area contributed by atoms with E-state index in [0.717, 1.165) is 65.1 Å². The van der Waals surface area contributed by atoms with Crippen LogP contribution in [0.15, 0.2) is 0 Å². The summed E-state index contributed by atoms with van der Waals surface area (Å²) in [6.45, 7) is 12.3. The lowest BCUT2D eigenvalue weighted by Crippen LogP contribution is -2.50. The molecule has 0 aliphatic carbocycles. The third-order valence-electron chi connectivity index (χ3n) is 4.94. The van der Waals surface area contributed by atoms with Crippen LogP contribution in [0.2, 0.25) is 0 Å². The molecule has 0 bridgehead atoms. The molecule has 0 spiro atoms. The highest BCUT2D eigenvalue weighted by Crippen LogP contribution is 2.28. The average molecular weight is 296 g/mol. The van der Waals surface area contributed by atoms with Crippen LogP contribution in [0.1, 0.15) is 52.9 Å². The van der Waals surface area contributed by atoms with E-state index in [4.69, 9.17) is 4.74 Å². The van der Waals surface area contributed by atoms with Crippen LogP contribution in [0.3, 0.4) is 0 Å². The second-order valence-electron chi connectivity index (χ2n) is 7.35. The molecule has 0 radical (unpaired) electrons. The fraction of sp³-hybridized carbons (Fsp3) is 0.941. The van der Waals surface area contributed by atoms with Gasteiger partial charge in [-0.25, -0.2) is 0 Å². The highest BCUT2D eigenvalue weighted by atomic mass is 16.5. The van der Waals surface area contributed by atoms with E-state index < -0.39 is 0 Å². The number of amides is 1. The maximum atomic E-state index is 12.5. The molecule has 0 aromatic rings. The summed E-state index contributed by atoms with van der Waals surface area (Å²) in [5.41, 5.74) is 0.146. The molecule has 1 amide bonds. The van der Waals surface area contributed by atoms with Crippen molar-refractivity contribution >= 4 is 5.91 Å². The number of morpholine rings is 1. The van der Waals surface area contributed by atoms with Gasteiger partial charge >= 0.3 is 0 Å². The maximum Gasteiger partial charge on any atom is 0.223 e. The Kier molecular flexibility index (Phi) is 6.06. The summed E-state index contributed by atoms with van der Waals surface area (Å²) in [5, 5.41) is 0. The number of carbonyl (C=O) groups excluding carboxylic acids is 1. The number of piperidine rings is 1. The van der Waals surface area contributed by atoms with Crippen LogP contribution in [-0.4, -0.2) is 61.1 Å². The van der Waals surface area contributed by atoms with Crippen molar-refractivity contribution in [2.24, 2.45) is 5.41 Å². The Morgan fingerprint density at radius 2 is 1.76 bits per heavy atom. The molecule has 2 saturated heterocycles. The Bertz CT molecular complexity index is 330. The Hall–Kier alpha value is -0.610. The molecule has 0 atom stereocenters. The second kappa shape index (κ2) is 7.59. The molecule has 0 saturated carbocycles. The van der Waals surface area contributed by atoms with Gasteiger partial charge in [-0.2, -0.15) is 0 Å². The fourth-order valence-electron chi connectivity index (χ4n) is 3.71. The van der Waals surface area contributed by atoms with Gasteiger partial charge in [0.1, 0.15) is 0 Å². The molecule has 4 nitrogen and oxygen atoms in total. The van der Waals surface area contributed by atoms with Crippen molar-refractivity contribution in [2.45, 2.75) is 58.9 Å². The van der Waals surface area contributed by atoms with Gasteiger partial charge in [0.25, 0.3) is 0 Å². The number of nitrogens with zero attached hydrogens (tertiary/aromatic N) is 2. The van der Waals surface area contributed by atoms with Crippen LogP contribution < -0.4 is 0 Å². The predicted molar refractivity (Wildman–Crippen MR) is 85.3 cm³/mol. The number of hydrogen-bond acceptors (Lipinski definition) is 3. The molecule has 2 rings (SSSR count). The minimum absolute atomic E-state index is 0.146. The van der Waals surface area contributed by atoms with E-state index in [0.29, 0.717) is 18.4 Å². The Balaban J connectivity index is 1.76. The Labute approximate surface area is 129 Å². The van der Waals surface area contributed by atoms with Crippen molar-refractivity contribution in [3.8, 4) is 0 Å². The first kappa shape index (κ1) is 16.8. The summed E-state index contributed by atoms with van der Waals surface area (Å²) in [6, 6.07) is 0.654. The average Bonchev–Trinajstić information content (AvgIpc) is 2.48. The normalized spacial score (nSPS) is 22.5. The summed E-state index contributed by atoms with van der Waals surface area (Å²) in [4.78, 5) is 17.1. The number of likely N-dealkylation sites (tertiary alicyclic amines) is 1. The minimum atomic E-state index is 0.146. The van der Waals surface area contributed by atoms with Gasteiger partial charge in [-0.1, -0.05) is 27.2 Å². The van der Waals surface area contributed by atoms with E-state index in [1.54, 1.807) is 0 Å². The fourth-order valence-corrected chi connectivity index (χ4v) is 3.71. The zero-order valence-electron chi connectivity index (χ0n) is 14.1. The Morgan fingerprint density at radius 1 is 1.14 bits per heavy atom. The summed E-state index contributed by atoms with van der Waals surface area (Å²) < 4.78 is 5.42. The first-order chi connectivity index (χ1) is 10.0. The van der Waals surface area contributed by atoms with Crippen LogP contribution >= 0.6 is 0 Å². The summed E-state index contributed by atoms with van der Waals surface area (Å²) in [5.74, 6) is 0.355. The standard InChI is InChI=1S/C17H32N2O2/c1-4-7-17(2,3)14-16(20)19-8-5-15(6-9-19)18-10-12-21-13-11-18/h15H,4-14H2,1-3H3. The molecule has 4 heteroatoms. The number of carbonyl (C=O) groups is 1. The first-order valence-corrected chi connectivity index (χ1v) is 8.61. The van der Waals surface area contributed by atoms with Crippen LogP contribution in [0, 0.1) is 5.41 Å². The Morgan fingerprint density at radius 3 is 2.33 bits per heavy atom. The van der Waals surface area contributed by atoms with E-state index >= 15 is 0 Å². The molecule has 2 heterocycles. The number of hydrogen-bond donors (Lipinski definition) is 0. The highest BCUT2D eigenvalue weighted by Gasteiger charge is 2.30. The van der Waals surface area contributed by atoms with Crippen molar-refractivity contribution in [2.75, 3.05) is 39.4 Å². The van der Waals surface area contributed by atoms with Crippen LogP contribution in [0.4, 0.5) is 0 Å². The molecule has 122 valence electrons. The largest absolute Gasteiger partial charge is 0.379 e. The van der Waals surface area contributed by atoms with Gasteiger partial charge in [-0.15, -0.1) is 0 Å². The molecule has 21 heavy (non-hydrogen) atoms. The molecule has 2 aliphatic heterocycles. The van der Waals surface area contributed by atoms with Crippen LogP contribution in [0.25, 0.3) is 0 Å². The van der Waals surface area contributed by atoms with Crippen molar-refractivity contribution in [3.05, 3.63) is 0 Å². The molecule has 0 N–H and O–H groups in total. The zero-order valence-corrected chi connectivity index (χ0v) is 14.1. The lowest BCUT2D eigenvalue weighted by Gasteiger charge is -2.40. The maximum absolute atomic E-state index is 12.5. The van der Waals surface area contributed by atoms with Crippen molar-refractivity contribution < 1.29 is 9.53 Å². The van der Waals surface area contributed by atoms with E-state index in [-0.39, 0.29) is 5.41 Å². The number of ether oxygens (including phenoxy) is 1. The van der Waals surface area contributed by atoms with E-state index in [9.17, 15) is 4.79 Å². The van der Waals surface area contributed by atoms with Crippen molar-refractivity contribution in [3.63, 3.8) is 0 Å². The van der Waals surface area contributed by atoms with Gasteiger partial charge in [-0.05, 0) is 24.7 Å². The molecular formula is C17H32N2O2. The number of rotatable bonds is 5. The zero-order chi connectivity index (χ0) is 15.3. The van der Waals surface area contributed by atoms with Gasteiger partial charge in [0.05, 0.1) is 13.2 Å². The topological polar surface area (TPSA) is 32.8 Å². The lowest BCUT2D eigenvalue weighted by atomic mass is 9.84. The smallest absolute Gasteiger partial charge is 0.223 e. The van der Waals surface area contributed by atoms with Gasteiger partial charge in [0, 0.05) is 38.6 Å². The molecule has 2 fully saturated rings. The lowest BCUT2D eigenvalue weighted by molar-refractivity contribution is -0.135. The monoisotopic (exact) mass is 296 g/mol. The minimum Gasteiger partial charge on any atom is -0.379 e. The highest BCUT2D eigenvalue weighted by molar-refractivity contribution is 5.77. The molecule has 0 unspecified atom stereocenters. The third kappa shape index (κ3) is 4.96. The molecule has 2 aliphatic rings. The van der Waals surface area contributed by atoms with Crippen molar-refractivity contribution in [1.82, 2.24) is 9.80 Å². The summed E-state index contributed by atoms with van der Waals surface area (Å²) in [6.07, 6.45) is 5.23. The molecule has 0 aromatic heterocycles.